The molecule has 7 nitrogen and oxygen atoms in total. The van der Waals surface area contributed by atoms with E-state index in [0.717, 1.165) is 30.2 Å². The molecule has 2 aliphatic heterocycles. The Bertz CT molecular complexity index is 628. The summed E-state index contributed by atoms with van der Waals surface area (Å²) in [5.41, 5.74) is 1.04. The van der Waals surface area contributed by atoms with Gasteiger partial charge in [0.15, 0.2) is 11.5 Å². The number of hydrogen-bond acceptors (Lipinski definition) is 5. The Morgan fingerprint density at radius 2 is 1.95 bits per heavy atom. The lowest BCUT2D eigenvalue weighted by atomic mass is 10.0. The lowest BCUT2D eigenvalue weighted by Crippen LogP contribution is -3.15. The van der Waals surface area contributed by atoms with Crippen molar-refractivity contribution in [3.63, 3.8) is 0 Å². The third kappa shape index (κ3) is 3.70. The van der Waals surface area contributed by atoms with Crippen LogP contribution in [0.4, 0.5) is 0 Å². The Hall–Kier alpha value is -1.35. The second kappa shape index (κ2) is 6.41. The normalized spacial score (nSPS) is 20.0. The summed E-state index contributed by atoms with van der Waals surface area (Å²) in [5, 5.41) is 0. The van der Waals surface area contributed by atoms with Gasteiger partial charge < -0.3 is 19.1 Å². The molecular formula is C14H21N2O5S+. The van der Waals surface area contributed by atoms with Gasteiger partial charge in [0.2, 0.25) is 16.8 Å². The highest BCUT2D eigenvalue weighted by Crippen LogP contribution is 2.33. The smallest absolute Gasteiger partial charge is 0.231 e. The number of fused-ring (bicyclic) bond motifs is 1. The van der Waals surface area contributed by atoms with Crippen molar-refractivity contribution in [2.24, 2.45) is 0 Å². The van der Waals surface area contributed by atoms with Crippen LogP contribution in [0.3, 0.4) is 0 Å². The fraction of sp³-hybridized carbons (Fsp3) is 0.571. The molecule has 1 fully saturated rings. The van der Waals surface area contributed by atoms with Crippen LogP contribution in [0.15, 0.2) is 18.2 Å². The van der Waals surface area contributed by atoms with Gasteiger partial charge in [-0.2, -0.15) is 0 Å². The second-order valence-electron chi connectivity index (χ2n) is 5.56. The third-order valence-corrected chi connectivity index (χ3v) is 4.67. The first-order valence-corrected chi connectivity index (χ1v) is 9.18. The van der Waals surface area contributed by atoms with E-state index >= 15 is 0 Å². The zero-order valence-electron chi connectivity index (χ0n) is 12.5. The maximum Gasteiger partial charge on any atom is 0.231 e. The van der Waals surface area contributed by atoms with Gasteiger partial charge in [-0.25, -0.2) is 13.1 Å². The molecule has 2 aliphatic rings. The number of quaternary nitrogens is 1. The lowest BCUT2D eigenvalue weighted by molar-refractivity contribution is -0.937. The standard InChI is InChI=1S/C14H20N2O5S/c1-22(17,18)15-9-12(16-4-6-19-7-5-16)11-2-3-13-14(8-11)21-10-20-13/h2-3,8,12,15H,4-7,9-10H2,1H3/p+1/t12-/m0/s1. The van der Waals surface area contributed by atoms with E-state index in [0.29, 0.717) is 19.8 Å². The molecule has 8 heteroatoms. The average Bonchev–Trinajstić information content (AvgIpc) is 2.95. The van der Waals surface area contributed by atoms with Gasteiger partial charge >= 0.3 is 0 Å². The molecule has 1 aromatic rings. The van der Waals surface area contributed by atoms with Gasteiger partial charge in [0, 0.05) is 5.56 Å². The Morgan fingerprint density at radius 1 is 1.23 bits per heavy atom. The highest BCUT2D eigenvalue weighted by atomic mass is 32.2. The van der Waals surface area contributed by atoms with Crippen molar-refractivity contribution in [3.05, 3.63) is 23.8 Å². The fourth-order valence-corrected chi connectivity index (χ4v) is 3.31. The largest absolute Gasteiger partial charge is 0.454 e. The van der Waals surface area contributed by atoms with E-state index in [1.54, 1.807) is 0 Å². The van der Waals surface area contributed by atoms with Crippen molar-refractivity contribution in [2.45, 2.75) is 6.04 Å². The molecule has 0 spiro atoms. The van der Waals surface area contributed by atoms with Gasteiger partial charge in [-0.15, -0.1) is 0 Å². The van der Waals surface area contributed by atoms with Crippen LogP contribution in [0, 0.1) is 0 Å². The van der Waals surface area contributed by atoms with Crippen molar-refractivity contribution >= 4 is 10.0 Å². The Kier molecular flexibility index (Phi) is 4.53. The summed E-state index contributed by atoms with van der Waals surface area (Å²) < 4.78 is 41.7. The van der Waals surface area contributed by atoms with E-state index in [1.807, 2.05) is 18.2 Å². The van der Waals surface area contributed by atoms with Crippen LogP contribution in [-0.4, -0.2) is 54.3 Å². The maximum absolute atomic E-state index is 11.4. The van der Waals surface area contributed by atoms with Crippen LogP contribution in [0.25, 0.3) is 0 Å². The summed E-state index contributed by atoms with van der Waals surface area (Å²) in [6.07, 6.45) is 1.18. The predicted molar refractivity (Wildman–Crippen MR) is 79.7 cm³/mol. The minimum absolute atomic E-state index is 0.0214. The molecule has 0 aromatic heterocycles. The zero-order chi connectivity index (χ0) is 15.6. The second-order valence-corrected chi connectivity index (χ2v) is 7.39. The van der Waals surface area contributed by atoms with Gasteiger partial charge in [0.05, 0.1) is 26.0 Å². The highest BCUT2D eigenvalue weighted by Gasteiger charge is 2.28. The molecule has 1 aromatic carbocycles. The monoisotopic (exact) mass is 329 g/mol. The summed E-state index contributed by atoms with van der Waals surface area (Å²) in [4.78, 5) is 1.31. The first-order chi connectivity index (χ1) is 10.5. The SMILES string of the molecule is CS(=O)(=O)NC[C@@H](c1ccc2c(c1)OCO2)[NH+]1CCOCC1. The molecule has 0 saturated carbocycles. The van der Waals surface area contributed by atoms with Crippen molar-refractivity contribution in [2.75, 3.05) is 45.9 Å². The van der Waals surface area contributed by atoms with Crippen molar-refractivity contribution in [1.82, 2.24) is 4.72 Å². The Morgan fingerprint density at radius 3 is 2.68 bits per heavy atom. The molecule has 0 unspecified atom stereocenters. The molecule has 0 radical (unpaired) electrons. The van der Waals surface area contributed by atoms with Crippen LogP contribution < -0.4 is 19.1 Å². The highest BCUT2D eigenvalue weighted by molar-refractivity contribution is 7.88. The van der Waals surface area contributed by atoms with Crippen LogP contribution in [0.2, 0.25) is 0 Å². The average molecular weight is 329 g/mol. The third-order valence-electron chi connectivity index (χ3n) is 3.98. The van der Waals surface area contributed by atoms with E-state index in [1.165, 1.54) is 11.2 Å². The molecule has 2 heterocycles. The lowest BCUT2D eigenvalue weighted by Gasteiger charge is -2.31. The van der Waals surface area contributed by atoms with Gasteiger partial charge in [0.1, 0.15) is 19.1 Å². The molecular weight excluding hydrogens is 308 g/mol. The van der Waals surface area contributed by atoms with E-state index in [-0.39, 0.29) is 12.8 Å². The summed E-state index contributed by atoms with van der Waals surface area (Å²) in [6.45, 7) is 3.67. The van der Waals surface area contributed by atoms with E-state index in [9.17, 15) is 8.42 Å². The molecule has 0 aliphatic carbocycles. The number of sulfonamides is 1. The number of benzene rings is 1. The molecule has 0 bridgehead atoms. The number of nitrogens with one attached hydrogen (secondary N) is 2. The molecule has 3 rings (SSSR count). The Labute approximate surface area is 130 Å². The van der Waals surface area contributed by atoms with E-state index < -0.39 is 10.0 Å². The summed E-state index contributed by atoms with van der Waals surface area (Å²) in [7, 11) is -3.23. The summed E-state index contributed by atoms with van der Waals surface area (Å²) >= 11 is 0. The van der Waals surface area contributed by atoms with Gasteiger partial charge in [0.25, 0.3) is 0 Å². The topological polar surface area (TPSA) is 78.3 Å². The molecule has 1 atom stereocenters. The molecule has 22 heavy (non-hydrogen) atoms. The molecule has 0 amide bonds. The number of ether oxygens (including phenoxy) is 3. The summed E-state index contributed by atoms with van der Waals surface area (Å²) in [5.74, 6) is 1.45. The van der Waals surface area contributed by atoms with Crippen LogP contribution >= 0.6 is 0 Å². The van der Waals surface area contributed by atoms with Crippen LogP contribution in [0.5, 0.6) is 11.5 Å². The number of rotatable bonds is 5. The first-order valence-electron chi connectivity index (χ1n) is 7.29. The van der Waals surface area contributed by atoms with Gasteiger partial charge in [-0.3, -0.25) is 0 Å². The van der Waals surface area contributed by atoms with Gasteiger partial charge in [-0.1, -0.05) is 0 Å². The minimum Gasteiger partial charge on any atom is -0.454 e. The van der Waals surface area contributed by atoms with E-state index in [4.69, 9.17) is 14.2 Å². The fourth-order valence-electron chi connectivity index (χ4n) is 2.84. The number of hydrogen-bond donors (Lipinski definition) is 2. The Balaban J connectivity index is 1.83. The quantitative estimate of drug-likeness (QED) is 0.719. The number of morpholine rings is 1. The summed E-state index contributed by atoms with van der Waals surface area (Å²) in [6, 6.07) is 5.82. The van der Waals surface area contributed by atoms with Crippen LogP contribution in [0.1, 0.15) is 11.6 Å². The van der Waals surface area contributed by atoms with E-state index in [2.05, 4.69) is 4.72 Å². The zero-order valence-corrected chi connectivity index (χ0v) is 13.3. The minimum atomic E-state index is -3.23. The maximum atomic E-state index is 11.4. The molecule has 2 N–H and O–H groups in total. The van der Waals surface area contributed by atoms with Crippen molar-refractivity contribution < 1.29 is 27.5 Å². The van der Waals surface area contributed by atoms with Crippen molar-refractivity contribution in [3.8, 4) is 11.5 Å². The van der Waals surface area contributed by atoms with Gasteiger partial charge in [-0.05, 0) is 18.2 Å². The predicted octanol–water partition coefficient (Wildman–Crippen LogP) is -1.08. The molecule has 122 valence electrons. The van der Waals surface area contributed by atoms with Crippen LogP contribution in [-0.2, 0) is 14.8 Å². The first kappa shape index (κ1) is 15.5. The molecule has 1 saturated heterocycles. The van der Waals surface area contributed by atoms with Crippen molar-refractivity contribution in [1.29, 1.82) is 0 Å².